The molecule has 0 aromatic carbocycles. The summed E-state index contributed by atoms with van der Waals surface area (Å²) in [6, 6.07) is 0. The standard InChI is InChI=1S/C12H24NS/c1-3-5-7-9-11-13(12-14)10-8-6-4-2/h3-11H2,1-2H3. The first-order valence-electron chi connectivity index (χ1n) is 5.97. The molecule has 0 amide bonds. The van der Waals surface area contributed by atoms with Crippen LogP contribution in [-0.4, -0.2) is 23.5 Å². The van der Waals surface area contributed by atoms with Crippen LogP contribution in [-0.2, 0) is 0 Å². The van der Waals surface area contributed by atoms with Gasteiger partial charge in [-0.1, -0.05) is 58.2 Å². The topological polar surface area (TPSA) is 3.24 Å². The quantitative estimate of drug-likeness (QED) is 0.308. The molecule has 0 aliphatic rings. The molecule has 0 saturated carbocycles. The normalized spacial score (nSPS) is 10.1. The minimum absolute atomic E-state index is 1.10. The molecule has 0 bridgehead atoms. The van der Waals surface area contributed by atoms with E-state index < -0.39 is 0 Å². The van der Waals surface area contributed by atoms with E-state index in [1.54, 1.807) is 0 Å². The Balaban J connectivity index is 3.33. The van der Waals surface area contributed by atoms with Gasteiger partial charge in [0, 0.05) is 13.1 Å². The van der Waals surface area contributed by atoms with Crippen molar-refractivity contribution >= 4 is 17.7 Å². The first-order chi connectivity index (χ1) is 6.85. The number of rotatable bonds is 10. The van der Waals surface area contributed by atoms with E-state index in [0.29, 0.717) is 0 Å². The lowest BCUT2D eigenvalue weighted by molar-refractivity contribution is 0.403. The third-order valence-corrected chi connectivity index (χ3v) is 2.70. The average Bonchev–Trinajstić information content (AvgIpc) is 2.22. The third kappa shape index (κ3) is 8.49. The van der Waals surface area contributed by atoms with Crippen molar-refractivity contribution in [3.63, 3.8) is 0 Å². The first-order valence-corrected chi connectivity index (χ1v) is 6.38. The number of thiocarbonyl (C=S) groups is 1. The Morgan fingerprint density at radius 2 is 1.36 bits per heavy atom. The fraction of sp³-hybridized carbons (Fsp3) is 0.917. The van der Waals surface area contributed by atoms with E-state index in [1.165, 1.54) is 44.9 Å². The van der Waals surface area contributed by atoms with Gasteiger partial charge in [-0.15, -0.1) is 0 Å². The first kappa shape index (κ1) is 13.9. The van der Waals surface area contributed by atoms with Gasteiger partial charge in [-0.25, -0.2) is 0 Å². The van der Waals surface area contributed by atoms with Gasteiger partial charge >= 0.3 is 0 Å². The van der Waals surface area contributed by atoms with E-state index in [2.05, 4.69) is 24.2 Å². The summed E-state index contributed by atoms with van der Waals surface area (Å²) in [6.45, 7) is 6.67. The smallest absolute Gasteiger partial charge is 0.136 e. The van der Waals surface area contributed by atoms with Crippen molar-refractivity contribution < 1.29 is 0 Å². The van der Waals surface area contributed by atoms with Gasteiger partial charge in [0.15, 0.2) is 0 Å². The Labute approximate surface area is 94.9 Å². The zero-order valence-corrected chi connectivity index (χ0v) is 10.5. The molecule has 0 fully saturated rings. The van der Waals surface area contributed by atoms with Crippen molar-refractivity contribution in [1.82, 2.24) is 4.90 Å². The van der Waals surface area contributed by atoms with E-state index >= 15 is 0 Å². The summed E-state index contributed by atoms with van der Waals surface area (Å²) in [5.74, 6) is 0. The molecule has 0 aliphatic carbocycles. The van der Waals surface area contributed by atoms with E-state index in [1.807, 2.05) is 0 Å². The molecule has 0 spiro atoms. The zero-order valence-electron chi connectivity index (χ0n) is 9.72. The monoisotopic (exact) mass is 214 g/mol. The maximum absolute atomic E-state index is 4.88. The predicted molar refractivity (Wildman–Crippen MR) is 67.8 cm³/mol. The summed E-state index contributed by atoms with van der Waals surface area (Å²) in [5.41, 5.74) is 2.85. The molecular weight excluding hydrogens is 190 g/mol. The van der Waals surface area contributed by atoms with Crippen LogP contribution >= 0.6 is 12.2 Å². The molecule has 0 aromatic heterocycles. The van der Waals surface area contributed by atoms with Crippen LogP contribution in [0.2, 0.25) is 0 Å². The van der Waals surface area contributed by atoms with Gasteiger partial charge in [-0.05, 0) is 12.8 Å². The Kier molecular flexibility index (Phi) is 10.9. The summed E-state index contributed by atoms with van der Waals surface area (Å²) in [4.78, 5) is 2.17. The van der Waals surface area contributed by atoms with E-state index in [0.717, 1.165) is 13.1 Å². The van der Waals surface area contributed by atoms with Gasteiger partial charge < -0.3 is 4.90 Å². The second-order valence-electron chi connectivity index (χ2n) is 3.85. The predicted octanol–water partition coefficient (Wildman–Crippen LogP) is 3.89. The highest BCUT2D eigenvalue weighted by Gasteiger charge is 1.98. The fourth-order valence-corrected chi connectivity index (χ4v) is 1.67. The molecule has 1 nitrogen and oxygen atoms in total. The fourth-order valence-electron chi connectivity index (χ4n) is 1.49. The molecule has 0 N–H and O–H groups in total. The Morgan fingerprint density at radius 3 is 1.86 bits per heavy atom. The minimum atomic E-state index is 1.10. The van der Waals surface area contributed by atoms with Crippen molar-refractivity contribution in [3.05, 3.63) is 0 Å². The van der Waals surface area contributed by atoms with Crippen molar-refractivity contribution in [2.75, 3.05) is 13.1 Å². The summed E-state index contributed by atoms with van der Waals surface area (Å²) in [7, 11) is 0. The lowest BCUT2D eigenvalue weighted by Gasteiger charge is -2.17. The SMILES string of the molecule is CCCCCCN([C]=S)CCCCC. The van der Waals surface area contributed by atoms with Gasteiger partial charge in [0.1, 0.15) is 5.49 Å². The lowest BCUT2D eigenvalue weighted by Crippen LogP contribution is -2.23. The number of nitrogens with zero attached hydrogens (tertiary/aromatic N) is 1. The highest BCUT2D eigenvalue weighted by atomic mass is 32.1. The van der Waals surface area contributed by atoms with Crippen LogP contribution in [0.1, 0.15) is 58.8 Å². The summed E-state index contributed by atoms with van der Waals surface area (Å²) in [5, 5.41) is 0. The van der Waals surface area contributed by atoms with Crippen LogP contribution in [0.3, 0.4) is 0 Å². The van der Waals surface area contributed by atoms with Crippen molar-refractivity contribution in [2.24, 2.45) is 0 Å². The van der Waals surface area contributed by atoms with Crippen molar-refractivity contribution in [2.45, 2.75) is 58.8 Å². The molecular formula is C12H24NS. The highest BCUT2D eigenvalue weighted by molar-refractivity contribution is 7.78. The second kappa shape index (κ2) is 11.0. The number of hydrogen-bond donors (Lipinski definition) is 0. The average molecular weight is 214 g/mol. The summed E-state index contributed by atoms with van der Waals surface area (Å²) < 4.78 is 0. The maximum Gasteiger partial charge on any atom is 0.136 e. The molecule has 0 rings (SSSR count). The van der Waals surface area contributed by atoms with E-state index in [-0.39, 0.29) is 0 Å². The molecule has 0 unspecified atom stereocenters. The van der Waals surface area contributed by atoms with Crippen LogP contribution < -0.4 is 0 Å². The van der Waals surface area contributed by atoms with Gasteiger partial charge in [0.2, 0.25) is 0 Å². The lowest BCUT2D eigenvalue weighted by atomic mass is 10.2. The third-order valence-electron chi connectivity index (χ3n) is 2.44. The minimum Gasteiger partial charge on any atom is -0.360 e. The maximum atomic E-state index is 4.88. The number of hydrogen-bond acceptors (Lipinski definition) is 1. The molecule has 14 heavy (non-hydrogen) atoms. The van der Waals surface area contributed by atoms with Gasteiger partial charge in [-0.2, -0.15) is 0 Å². The Hall–Kier alpha value is -0.110. The molecule has 1 radical (unpaired) electrons. The van der Waals surface area contributed by atoms with Gasteiger partial charge in [0.05, 0.1) is 0 Å². The van der Waals surface area contributed by atoms with Crippen LogP contribution in [0.5, 0.6) is 0 Å². The highest BCUT2D eigenvalue weighted by Crippen LogP contribution is 2.02. The Bertz CT molecular complexity index is 125. The molecule has 0 aromatic rings. The molecule has 2 heteroatoms. The van der Waals surface area contributed by atoms with E-state index in [9.17, 15) is 0 Å². The second-order valence-corrected chi connectivity index (χ2v) is 4.03. The zero-order chi connectivity index (χ0) is 10.6. The molecule has 0 saturated heterocycles. The Morgan fingerprint density at radius 1 is 0.857 bits per heavy atom. The molecule has 83 valence electrons. The van der Waals surface area contributed by atoms with Crippen LogP contribution in [0, 0.1) is 0 Å². The summed E-state index contributed by atoms with van der Waals surface area (Å²) in [6.07, 6.45) is 9.09. The largest absolute Gasteiger partial charge is 0.360 e. The van der Waals surface area contributed by atoms with Crippen molar-refractivity contribution in [1.29, 1.82) is 0 Å². The van der Waals surface area contributed by atoms with Crippen LogP contribution in [0.25, 0.3) is 0 Å². The summed E-state index contributed by atoms with van der Waals surface area (Å²) >= 11 is 4.88. The van der Waals surface area contributed by atoms with Crippen LogP contribution in [0.4, 0.5) is 0 Å². The van der Waals surface area contributed by atoms with E-state index in [4.69, 9.17) is 12.2 Å². The van der Waals surface area contributed by atoms with Gasteiger partial charge in [-0.3, -0.25) is 0 Å². The van der Waals surface area contributed by atoms with Gasteiger partial charge in [0.25, 0.3) is 0 Å². The molecule has 0 aliphatic heterocycles. The number of unbranched alkanes of at least 4 members (excludes halogenated alkanes) is 5. The van der Waals surface area contributed by atoms with Crippen LogP contribution in [0.15, 0.2) is 0 Å². The van der Waals surface area contributed by atoms with Crippen molar-refractivity contribution in [3.8, 4) is 0 Å². The molecule has 0 atom stereocenters. The molecule has 0 heterocycles.